The second-order valence-electron chi connectivity index (χ2n) is 6.14. The maximum absolute atomic E-state index is 10.9. The number of nitro benzene ring substituents is 1. The van der Waals surface area contributed by atoms with Gasteiger partial charge in [-0.3, -0.25) is 10.1 Å². The molecule has 3 unspecified atom stereocenters. The molecule has 21 heavy (non-hydrogen) atoms. The maximum atomic E-state index is 10.9. The highest BCUT2D eigenvalue weighted by Crippen LogP contribution is 2.29. The van der Waals surface area contributed by atoms with Crippen LogP contribution in [-0.4, -0.2) is 18.1 Å². The topological polar surface area (TPSA) is 64.4 Å². The number of nitrogens with zero attached hydrogens (tertiary/aromatic N) is 1. The number of nitro groups is 1. The number of hydrogen-bond donors (Lipinski definition) is 1. The average molecular weight is 292 g/mol. The van der Waals surface area contributed by atoms with Gasteiger partial charge >= 0.3 is 0 Å². The van der Waals surface area contributed by atoms with E-state index >= 15 is 0 Å². The van der Waals surface area contributed by atoms with Crippen molar-refractivity contribution >= 4 is 5.69 Å². The van der Waals surface area contributed by atoms with E-state index in [1.165, 1.54) is 32.4 Å². The lowest BCUT2D eigenvalue weighted by Crippen LogP contribution is -2.35. The van der Waals surface area contributed by atoms with Crippen LogP contribution in [0.1, 0.15) is 38.7 Å². The number of methoxy groups -OCH3 is 1. The van der Waals surface area contributed by atoms with Gasteiger partial charge in [-0.05, 0) is 42.7 Å². The van der Waals surface area contributed by atoms with Gasteiger partial charge in [-0.15, -0.1) is 0 Å². The maximum Gasteiger partial charge on any atom is 0.273 e. The van der Waals surface area contributed by atoms with Crippen LogP contribution in [0.5, 0.6) is 5.75 Å². The van der Waals surface area contributed by atoms with E-state index in [0.29, 0.717) is 18.3 Å². The molecule has 1 aliphatic rings. The van der Waals surface area contributed by atoms with E-state index in [2.05, 4.69) is 19.2 Å². The zero-order valence-corrected chi connectivity index (χ0v) is 13.0. The van der Waals surface area contributed by atoms with E-state index in [-0.39, 0.29) is 10.6 Å². The fraction of sp³-hybridized carbons (Fsp3) is 0.625. The van der Waals surface area contributed by atoms with E-state index in [1.54, 1.807) is 6.07 Å². The first-order chi connectivity index (χ1) is 9.99. The standard InChI is InChI=1S/C16H24N2O3/c1-11-4-5-14(6-12(11)2)17-10-13-7-15(18(19)20)9-16(8-13)21-3/h7-9,11-12,14,17H,4-6,10H2,1-3H3. The molecule has 3 atom stereocenters. The largest absolute Gasteiger partial charge is 0.496 e. The second-order valence-corrected chi connectivity index (χ2v) is 6.14. The number of non-ortho nitro benzene ring substituents is 1. The van der Waals surface area contributed by atoms with Crippen LogP contribution in [-0.2, 0) is 6.54 Å². The highest BCUT2D eigenvalue weighted by Gasteiger charge is 2.24. The molecule has 5 heteroatoms. The normalized spacial score (nSPS) is 25.6. The van der Waals surface area contributed by atoms with Crippen molar-refractivity contribution in [3.05, 3.63) is 33.9 Å². The number of benzene rings is 1. The molecule has 5 nitrogen and oxygen atoms in total. The molecule has 116 valence electrons. The van der Waals surface area contributed by atoms with Crippen molar-refractivity contribution in [2.45, 2.75) is 45.7 Å². The molecule has 1 N–H and O–H groups in total. The van der Waals surface area contributed by atoms with Crippen molar-refractivity contribution in [3.63, 3.8) is 0 Å². The van der Waals surface area contributed by atoms with E-state index in [1.807, 2.05) is 6.07 Å². The first-order valence-electron chi connectivity index (χ1n) is 7.55. The number of rotatable bonds is 5. The smallest absolute Gasteiger partial charge is 0.273 e. The number of nitrogens with one attached hydrogen (secondary N) is 1. The summed E-state index contributed by atoms with van der Waals surface area (Å²) < 4.78 is 5.14. The summed E-state index contributed by atoms with van der Waals surface area (Å²) in [6.07, 6.45) is 3.60. The Balaban J connectivity index is 1.99. The summed E-state index contributed by atoms with van der Waals surface area (Å²) in [6.45, 7) is 5.25. The monoisotopic (exact) mass is 292 g/mol. The summed E-state index contributed by atoms with van der Waals surface area (Å²) in [5, 5.41) is 14.5. The van der Waals surface area contributed by atoms with E-state index in [9.17, 15) is 10.1 Å². The van der Waals surface area contributed by atoms with Crippen LogP contribution in [0.25, 0.3) is 0 Å². The molecule has 0 radical (unpaired) electrons. The molecule has 1 fully saturated rings. The van der Waals surface area contributed by atoms with Gasteiger partial charge in [-0.1, -0.05) is 13.8 Å². The summed E-state index contributed by atoms with van der Waals surface area (Å²) in [4.78, 5) is 10.6. The molecule has 0 aromatic heterocycles. The van der Waals surface area contributed by atoms with Gasteiger partial charge in [0.25, 0.3) is 5.69 Å². The van der Waals surface area contributed by atoms with Gasteiger partial charge in [0, 0.05) is 18.7 Å². The molecule has 1 aromatic carbocycles. The molecule has 0 amide bonds. The fourth-order valence-electron chi connectivity index (χ4n) is 2.96. The van der Waals surface area contributed by atoms with Gasteiger partial charge in [0.15, 0.2) is 0 Å². The summed E-state index contributed by atoms with van der Waals surface area (Å²) >= 11 is 0. The Kier molecular flexibility index (Phi) is 5.17. The number of ether oxygens (including phenoxy) is 1. The van der Waals surface area contributed by atoms with E-state index < -0.39 is 0 Å². The molecule has 0 bridgehead atoms. The first-order valence-corrected chi connectivity index (χ1v) is 7.55. The van der Waals surface area contributed by atoms with Crippen molar-refractivity contribution < 1.29 is 9.66 Å². The second kappa shape index (κ2) is 6.89. The SMILES string of the molecule is COc1cc(CNC2CCC(C)C(C)C2)cc([N+](=O)[O-])c1. The Hall–Kier alpha value is -1.62. The first kappa shape index (κ1) is 15.8. The molecule has 1 aliphatic carbocycles. The Morgan fingerprint density at radius 3 is 2.67 bits per heavy atom. The van der Waals surface area contributed by atoms with Crippen molar-refractivity contribution in [1.82, 2.24) is 5.32 Å². The molecule has 2 rings (SSSR count). The van der Waals surface area contributed by atoms with Gasteiger partial charge < -0.3 is 10.1 Å². The Morgan fingerprint density at radius 2 is 2.05 bits per heavy atom. The molecule has 0 aliphatic heterocycles. The van der Waals surface area contributed by atoms with Crippen LogP contribution in [0.4, 0.5) is 5.69 Å². The van der Waals surface area contributed by atoms with Crippen LogP contribution in [0, 0.1) is 22.0 Å². The lowest BCUT2D eigenvalue weighted by molar-refractivity contribution is -0.385. The van der Waals surface area contributed by atoms with Gasteiger partial charge in [-0.25, -0.2) is 0 Å². The van der Waals surface area contributed by atoms with Gasteiger partial charge in [-0.2, -0.15) is 0 Å². The van der Waals surface area contributed by atoms with Crippen molar-refractivity contribution in [2.75, 3.05) is 7.11 Å². The highest BCUT2D eigenvalue weighted by molar-refractivity contribution is 5.42. The van der Waals surface area contributed by atoms with Crippen LogP contribution in [0.2, 0.25) is 0 Å². The van der Waals surface area contributed by atoms with Crippen LogP contribution >= 0.6 is 0 Å². The Morgan fingerprint density at radius 1 is 1.29 bits per heavy atom. The third kappa shape index (κ3) is 4.17. The van der Waals surface area contributed by atoms with E-state index in [0.717, 1.165) is 17.4 Å². The van der Waals surface area contributed by atoms with Crippen molar-refractivity contribution in [1.29, 1.82) is 0 Å². The summed E-state index contributed by atoms with van der Waals surface area (Å²) in [6, 6.07) is 5.43. The fourth-order valence-corrected chi connectivity index (χ4v) is 2.96. The molecule has 0 heterocycles. The van der Waals surface area contributed by atoms with Gasteiger partial charge in [0.05, 0.1) is 18.1 Å². The molecule has 1 saturated carbocycles. The Bertz CT molecular complexity index is 504. The third-order valence-corrected chi connectivity index (χ3v) is 4.59. The zero-order valence-electron chi connectivity index (χ0n) is 13.0. The molecule has 0 saturated heterocycles. The predicted octanol–water partition coefficient (Wildman–Crippen LogP) is 3.52. The van der Waals surface area contributed by atoms with Crippen molar-refractivity contribution in [3.8, 4) is 5.75 Å². The zero-order chi connectivity index (χ0) is 15.4. The minimum absolute atomic E-state index is 0.0804. The summed E-state index contributed by atoms with van der Waals surface area (Å²) in [7, 11) is 1.53. The molecular formula is C16H24N2O3. The third-order valence-electron chi connectivity index (χ3n) is 4.59. The van der Waals surface area contributed by atoms with Gasteiger partial charge in [0.1, 0.15) is 5.75 Å². The minimum Gasteiger partial charge on any atom is -0.496 e. The quantitative estimate of drug-likeness (QED) is 0.666. The lowest BCUT2D eigenvalue weighted by atomic mass is 9.79. The minimum atomic E-state index is -0.379. The molecule has 0 spiro atoms. The highest BCUT2D eigenvalue weighted by atomic mass is 16.6. The van der Waals surface area contributed by atoms with Crippen molar-refractivity contribution in [2.24, 2.45) is 11.8 Å². The van der Waals surface area contributed by atoms with Gasteiger partial charge in [0.2, 0.25) is 0 Å². The predicted molar refractivity (Wildman–Crippen MR) is 82.5 cm³/mol. The Labute approximate surface area is 125 Å². The van der Waals surface area contributed by atoms with E-state index in [4.69, 9.17) is 4.74 Å². The summed E-state index contributed by atoms with van der Waals surface area (Å²) in [5.41, 5.74) is 0.976. The van der Waals surface area contributed by atoms with Crippen LogP contribution in [0.15, 0.2) is 18.2 Å². The average Bonchev–Trinajstić information content (AvgIpc) is 2.48. The van der Waals surface area contributed by atoms with Crippen LogP contribution in [0.3, 0.4) is 0 Å². The molecular weight excluding hydrogens is 268 g/mol. The number of hydrogen-bond acceptors (Lipinski definition) is 4. The van der Waals surface area contributed by atoms with Crippen LogP contribution < -0.4 is 10.1 Å². The lowest BCUT2D eigenvalue weighted by Gasteiger charge is -2.32. The molecule has 1 aromatic rings. The summed E-state index contributed by atoms with van der Waals surface area (Å²) in [5.74, 6) is 2.06.